The summed E-state index contributed by atoms with van der Waals surface area (Å²) in [5.41, 5.74) is 0.860. The van der Waals surface area contributed by atoms with Crippen molar-refractivity contribution >= 4 is 17.2 Å². The molecule has 84 valence electrons. The molecule has 1 N–H and O–H groups in total. The Kier molecular flexibility index (Phi) is 2.39. The van der Waals surface area contributed by atoms with Gasteiger partial charge in [-0.25, -0.2) is 0 Å². The molecule has 0 spiro atoms. The van der Waals surface area contributed by atoms with Crippen LogP contribution in [0.3, 0.4) is 0 Å². The Balaban J connectivity index is 2.55. The molecule has 0 aliphatic heterocycles. The molecule has 2 rings (SSSR count). The number of hydrogen-bond acceptors (Lipinski definition) is 5. The number of nitrogens with zero attached hydrogens (tertiary/aromatic N) is 2. The molecule has 0 aliphatic rings. The van der Waals surface area contributed by atoms with Crippen LogP contribution in [0, 0.1) is 22.4 Å². The molecule has 2 heterocycles. The monoisotopic (exact) mass is 239 g/mol. The normalized spacial score (nSPS) is 10.6. The van der Waals surface area contributed by atoms with Gasteiger partial charge in [-0.15, -0.1) is 0 Å². The summed E-state index contributed by atoms with van der Waals surface area (Å²) in [6.07, 6.45) is 0. The smallest absolute Gasteiger partial charge is 0.400 e. The van der Waals surface area contributed by atoms with Gasteiger partial charge >= 0.3 is 5.88 Å². The average Bonchev–Trinajstić information content (AvgIpc) is 2.79. The predicted molar refractivity (Wildman–Crippen MR) is 58.2 cm³/mol. The Hall–Kier alpha value is -1.89. The van der Waals surface area contributed by atoms with Crippen molar-refractivity contribution < 1.29 is 9.34 Å². The van der Waals surface area contributed by atoms with Crippen LogP contribution in [0.4, 0.5) is 5.88 Å². The van der Waals surface area contributed by atoms with Crippen molar-refractivity contribution in [1.82, 2.24) is 4.57 Å². The lowest BCUT2D eigenvalue weighted by Crippen LogP contribution is -2.08. The van der Waals surface area contributed by atoms with E-state index in [1.807, 2.05) is 6.92 Å². The van der Waals surface area contributed by atoms with Crippen LogP contribution in [-0.2, 0) is 7.05 Å². The van der Waals surface area contributed by atoms with E-state index in [9.17, 15) is 10.1 Å². The van der Waals surface area contributed by atoms with Gasteiger partial charge in [0.15, 0.2) is 10.6 Å². The first-order chi connectivity index (χ1) is 7.50. The van der Waals surface area contributed by atoms with Crippen molar-refractivity contribution in [2.24, 2.45) is 7.05 Å². The first kappa shape index (κ1) is 10.6. The molecule has 0 atom stereocenters. The van der Waals surface area contributed by atoms with E-state index in [2.05, 4.69) is 0 Å². The van der Waals surface area contributed by atoms with E-state index in [4.69, 9.17) is 9.83 Å². The molecule has 0 saturated carbocycles. The highest BCUT2D eigenvalue weighted by Crippen LogP contribution is 2.30. The maximum absolute atomic E-state index is 10.5. The fourth-order valence-corrected chi connectivity index (χ4v) is 2.28. The zero-order valence-electron chi connectivity index (χ0n) is 8.68. The van der Waals surface area contributed by atoms with Crippen LogP contribution < -0.4 is 4.80 Å². The van der Waals surface area contributed by atoms with E-state index in [0.29, 0.717) is 10.6 Å². The SMILES string of the molecule is Cc1c(-c2ccc([N+](=O)[O-])o2)sc(=N)n1C. The topological polar surface area (TPSA) is 85.1 Å². The summed E-state index contributed by atoms with van der Waals surface area (Å²) in [6.45, 7) is 1.85. The van der Waals surface area contributed by atoms with Crippen LogP contribution in [0.5, 0.6) is 0 Å². The lowest BCUT2D eigenvalue weighted by atomic mass is 10.3. The largest absolute Gasteiger partial charge is 0.433 e. The summed E-state index contributed by atoms with van der Waals surface area (Å²) in [5.74, 6) is 0.153. The molecule has 0 saturated heterocycles. The molecule has 7 heteroatoms. The molecule has 6 nitrogen and oxygen atoms in total. The van der Waals surface area contributed by atoms with Gasteiger partial charge in [0.25, 0.3) is 0 Å². The van der Waals surface area contributed by atoms with Crippen LogP contribution in [0.1, 0.15) is 5.69 Å². The molecule has 0 radical (unpaired) electrons. The lowest BCUT2D eigenvalue weighted by Gasteiger charge is -1.95. The van der Waals surface area contributed by atoms with E-state index in [1.54, 1.807) is 17.7 Å². The fourth-order valence-electron chi connectivity index (χ4n) is 1.32. The third kappa shape index (κ3) is 1.54. The quantitative estimate of drug-likeness (QED) is 0.642. The number of nitrogens with one attached hydrogen (secondary N) is 1. The number of furan rings is 1. The summed E-state index contributed by atoms with van der Waals surface area (Å²) in [6, 6.07) is 2.87. The zero-order valence-corrected chi connectivity index (χ0v) is 9.50. The minimum atomic E-state index is -0.575. The van der Waals surface area contributed by atoms with Crippen LogP contribution in [0.2, 0.25) is 0 Å². The molecule has 2 aromatic rings. The summed E-state index contributed by atoms with van der Waals surface area (Å²) in [5, 5.41) is 18.1. The van der Waals surface area contributed by atoms with Crippen molar-refractivity contribution in [3.63, 3.8) is 0 Å². The van der Waals surface area contributed by atoms with Crippen LogP contribution in [0.15, 0.2) is 16.5 Å². The van der Waals surface area contributed by atoms with E-state index < -0.39 is 4.92 Å². The van der Waals surface area contributed by atoms with Gasteiger partial charge < -0.3 is 8.98 Å². The van der Waals surface area contributed by atoms with Crippen LogP contribution >= 0.6 is 11.3 Å². The second kappa shape index (κ2) is 3.60. The minimum Gasteiger partial charge on any atom is -0.400 e. The number of thiazole rings is 1. The van der Waals surface area contributed by atoms with Crippen molar-refractivity contribution in [1.29, 1.82) is 5.41 Å². The molecule has 0 amide bonds. The number of hydrogen-bond donors (Lipinski definition) is 1. The molecular formula is C9H9N3O3S. The fraction of sp³-hybridized carbons (Fsp3) is 0.222. The Morgan fingerprint density at radius 1 is 1.56 bits per heavy atom. The maximum Gasteiger partial charge on any atom is 0.433 e. The molecule has 16 heavy (non-hydrogen) atoms. The standard InChI is InChI=1S/C9H9N3O3S/c1-5-8(16-9(10)11(5)2)6-3-4-7(15-6)12(13)14/h3-4,10H,1-2H3. The highest BCUT2D eigenvalue weighted by Gasteiger charge is 2.17. The molecule has 2 aromatic heterocycles. The number of aromatic nitrogens is 1. The molecule has 0 bridgehead atoms. The van der Waals surface area contributed by atoms with Crippen LogP contribution in [-0.4, -0.2) is 9.49 Å². The van der Waals surface area contributed by atoms with Gasteiger partial charge in [0.05, 0.1) is 10.9 Å². The average molecular weight is 239 g/mol. The van der Waals surface area contributed by atoms with E-state index in [-0.39, 0.29) is 5.88 Å². The van der Waals surface area contributed by atoms with Crippen molar-refractivity contribution in [3.8, 4) is 10.6 Å². The first-order valence-corrected chi connectivity index (χ1v) is 5.28. The minimum absolute atomic E-state index is 0.281. The third-order valence-electron chi connectivity index (χ3n) is 2.33. The summed E-state index contributed by atoms with van der Waals surface area (Å²) < 4.78 is 6.80. The van der Waals surface area contributed by atoms with E-state index >= 15 is 0 Å². The van der Waals surface area contributed by atoms with Gasteiger partial charge in [0.2, 0.25) is 0 Å². The predicted octanol–water partition coefficient (Wildman–Crippen LogP) is 2.04. The van der Waals surface area contributed by atoms with Crippen molar-refractivity contribution in [2.75, 3.05) is 0 Å². The van der Waals surface area contributed by atoms with Crippen LogP contribution in [0.25, 0.3) is 10.6 Å². The Morgan fingerprint density at radius 3 is 2.69 bits per heavy atom. The number of nitro groups is 1. The van der Waals surface area contributed by atoms with Crippen molar-refractivity contribution in [2.45, 2.75) is 6.92 Å². The summed E-state index contributed by atoms with van der Waals surface area (Å²) >= 11 is 1.23. The summed E-state index contributed by atoms with van der Waals surface area (Å²) in [7, 11) is 1.77. The van der Waals surface area contributed by atoms with Gasteiger partial charge in [-0.1, -0.05) is 11.3 Å². The maximum atomic E-state index is 10.5. The van der Waals surface area contributed by atoms with Gasteiger partial charge in [0, 0.05) is 12.7 Å². The highest BCUT2D eigenvalue weighted by molar-refractivity contribution is 7.12. The second-order valence-corrected chi connectivity index (χ2v) is 4.27. The zero-order chi connectivity index (χ0) is 11.9. The third-order valence-corrected chi connectivity index (χ3v) is 3.50. The van der Waals surface area contributed by atoms with Gasteiger partial charge in [-0.2, -0.15) is 0 Å². The summed E-state index contributed by atoms with van der Waals surface area (Å²) in [4.78, 5) is 11.0. The van der Waals surface area contributed by atoms with E-state index in [1.165, 1.54) is 17.4 Å². The van der Waals surface area contributed by atoms with E-state index in [0.717, 1.165) is 10.6 Å². The molecule has 0 fully saturated rings. The molecule has 0 aromatic carbocycles. The Bertz CT molecular complexity index is 608. The second-order valence-electron chi connectivity index (χ2n) is 3.28. The first-order valence-electron chi connectivity index (χ1n) is 4.46. The van der Waals surface area contributed by atoms with Gasteiger partial charge in [-0.3, -0.25) is 15.5 Å². The Labute approximate surface area is 94.4 Å². The number of rotatable bonds is 2. The lowest BCUT2D eigenvalue weighted by molar-refractivity contribution is -0.401. The van der Waals surface area contributed by atoms with Crippen molar-refractivity contribution in [3.05, 3.63) is 32.7 Å². The van der Waals surface area contributed by atoms with Gasteiger partial charge in [0.1, 0.15) is 4.92 Å². The van der Waals surface area contributed by atoms with Gasteiger partial charge in [-0.05, 0) is 13.0 Å². The molecular weight excluding hydrogens is 230 g/mol. The molecule has 0 aliphatic carbocycles. The Morgan fingerprint density at radius 2 is 2.25 bits per heavy atom. The highest BCUT2D eigenvalue weighted by atomic mass is 32.1. The molecule has 0 unspecified atom stereocenters.